The first-order valence-electron chi connectivity index (χ1n) is 4.20. The Kier molecular flexibility index (Phi) is 4.57. The van der Waals surface area contributed by atoms with Gasteiger partial charge < -0.3 is 10.0 Å². The topological polar surface area (TPSA) is 57.6 Å². The van der Waals surface area contributed by atoms with Gasteiger partial charge in [0.25, 0.3) is 0 Å². The third-order valence-electron chi connectivity index (χ3n) is 1.95. The van der Waals surface area contributed by atoms with Gasteiger partial charge in [-0.1, -0.05) is 0 Å². The molecule has 0 rings (SSSR count). The zero-order valence-corrected chi connectivity index (χ0v) is 8.34. The highest BCUT2D eigenvalue weighted by Crippen LogP contribution is 2.21. The minimum Gasteiger partial charge on any atom is -0.480 e. The SMILES string of the molecule is CC(C(=O)O)N(C)C(=O)CCC(F)(F)F. The molecule has 0 bridgehead atoms. The van der Waals surface area contributed by atoms with Crippen molar-refractivity contribution in [1.29, 1.82) is 0 Å². The van der Waals surface area contributed by atoms with Crippen LogP contribution in [0.25, 0.3) is 0 Å². The number of halogens is 3. The quantitative estimate of drug-likeness (QED) is 0.786. The molecule has 88 valence electrons. The highest BCUT2D eigenvalue weighted by atomic mass is 19.4. The normalized spacial score (nSPS) is 13.4. The summed E-state index contributed by atoms with van der Waals surface area (Å²) < 4.78 is 35.3. The highest BCUT2D eigenvalue weighted by molar-refractivity contribution is 5.83. The number of carboxylic acid groups (broad SMARTS) is 1. The lowest BCUT2D eigenvalue weighted by molar-refractivity contribution is -0.154. The van der Waals surface area contributed by atoms with Gasteiger partial charge in [-0.25, -0.2) is 4.79 Å². The first-order chi connectivity index (χ1) is 6.65. The van der Waals surface area contributed by atoms with E-state index in [1.807, 2.05) is 0 Å². The molecular weight excluding hydrogens is 215 g/mol. The molecule has 4 nitrogen and oxygen atoms in total. The summed E-state index contributed by atoms with van der Waals surface area (Å²) in [6, 6.07) is -1.12. The number of carboxylic acids is 1. The Morgan fingerprint density at radius 1 is 1.40 bits per heavy atom. The van der Waals surface area contributed by atoms with E-state index in [2.05, 4.69) is 0 Å². The smallest absolute Gasteiger partial charge is 0.389 e. The number of hydrogen-bond acceptors (Lipinski definition) is 2. The fourth-order valence-electron chi connectivity index (χ4n) is 0.807. The van der Waals surface area contributed by atoms with Crippen molar-refractivity contribution in [2.45, 2.75) is 32.0 Å². The Balaban J connectivity index is 4.17. The maximum absolute atomic E-state index is 11.8. The number of alkyl halides is 3. The number of hydrogen-bond donors (Lipinski definition) is 1. The summed E-state index contributed by atoms with van der Waals surface area (Å²) >= 11 is 0. The van der Waals surface area contributed by atoms with Gasteiger partial charge in [0.1, 0.15) is 6.04 Å². The van der Waals surface area contributed by atoms with Gasteiger partial charge >= 0.3 is 12.1 Å². The van der Waals surface area contributed by atoms with Crippen LogP contribution in [0.5, 0.6) is 0 Å². The minimum absolute atomic E-state index is 0.725. The molecule has 0 radical (unpaired) electrons. The third kappa shape index (κ3) is 5.24. The molecular formula is C8H12F3NO3. The highest BCUT2D eigenvalue weighted by Gasteiger charge is 2.30. The van der Waals surface area contributed by atoms with Crippen molar-refractivity contribution in [2.24, 2.45) is 0 Å². The van der Waals surface area contributed by atoms with Gasteiger partial charge in [-0.2, -0.15) is 13.2 Å². The number of nitrogens with zero attached hydrogens (tertiary/aromatic N) is 1. The van der Waals surface area contributed by atoms with Crippen LogP contribution in [-0.2, 0) is 9.59 Å². The Labute approximate surface area is 84.7 Å². The van der Waals surface area contributed by atoms with Crippen LogP contribution in [0, 0.1) is 0 Å². The molecule has 0 aliphatic rings. The number of rotatable bonds is 4. The van der Waals surface area contributed by atoms with Crippen molar-refractivity contribution >= 4 is 11.9 Å². The van der Waals surface area contributed by atoms with Gasteiger partial charge in [0, 0.05) is 13.5 Å². The molecule has 1 unspecified atom stereocenters. The largest absolute Gasteiger partial charge is 0.480 e. The summed E-state index contributed by atoms with van der Waals surface area (Å²) in [6.45, 7) is 1.23. The third-order valence-corrected chi connectivity index (χ3v) is 1.95. The van der Waals surface area contributed by atoms with Crippen LogP contribution in [0.2, 0.25) is 0 Å². The fraction of sp³-hybridized carbons (Fsp3) is 0.750. The lowest BCUT2D eigenvalue weighted by Gasteiger charge is -2.21. The average Bonchev–Trinajstić information content (AvgIpc) is 2.10. The molecule has 1 N–H and O–H groups in total. The average molecular weight is 227 g/mol. The van der Waals surface area contributed by atoms with Crippen LogP contribution in [0.4, 0.5) is 13.2 Å². The van der Waals surface area contributed by atoms with E-state index in [4.69, 9.17) is 5.11 Å². The predicted molar refractivity (Wildman–Crippen MR) is 45.2 cm³/mol. The number of amides is 1. The molecule has 0 fully saturated rings. The van der Waals surface area contributed by atoms with Crippen LogP contribution in [-0.4, -0.2) is 41.1 Å². The summed E-state index contributed by atoms with van der Waals surface area (Å²) in [6.07, 6.45) is -6.36. The zero-order chi connectivity index (χ0) is 12.2. The van der Waals surface area contributed by atoms with Gasteiger partial charge in [-0.15, -0.1) is 0 Å². The minimum atomic E-state index is -4.40. The summed E-state index contributed by atoms with van der Waals surface area (Å²) in [7, 11) is 1.16. The molecule has 0 saturated heterocycles. The monoisotopic (exact) mass is 227 g/mol. The van der Waals surface area contributed by atoms with E-state index in [1.165, 1.54) is 6.92 Å². The van der Waals surface area contributed by atoms with Crippen LogP contribution >= 0.6 is 0 Å². The standard InChI is InChI=1S/C8H12F3NO3/c1-5(7(14)15)12(2)6(13)3-4-8(9,10)11/h5H,3-4H2,1-2H3,(H,14,15). The van der Waals surface area contributed by atoms with Crippen LogP contribution < -0.4 is 0 Å². The van der Waals surface area contributed by atoms with Crippen molar-refractivity contribution < 1.29 is 27.9 Å². The summed E-state index contributed by atoms with van der Waals surface area (Å²) in [5.41, 5.74) is 0. The lowest BCUT2D eigenvalue weighted by atomic mass is 10.2. The number of carbonyl (C=O) groups is 2. The fourth-order valence-corrected chi connectivity index (χ4v) is 0.807. The molecule has 15 heavy (non-hydrogen) atoms. The van der Waals surface area contributed by atoms with E-state index in [0.717, 1.165) is 11.9 Å². The molecule has 7 heteroatoms. The molecule has 1 atom stereocenters. The first-order valence-corrected chi connectivity index (χ1v) is 4.20. The molecule has 0 saturated carbocycles. The number of aliphatic carboxylic acids is 1. The molecule has 0 aromatic carbocycles. The van der Waals surface area contributed by atoms with Gasteiger partial charge in [-0.3, -0.25) is 4.79 Å². The van der Waals surface area contributed by atoms with E-state index in [0.29, 0.717) is 0 Å². The second kappa shape index (κ2) is 4.99. The van der Waals surface area contributed by atoms with Crippen molar-refractivity contribution in [3.05, 3.63) is 0 Å². The number of carbonyl (C=O) groups excluding carboxylic acids is 1. The molecule has 0 aromatic rings. The van der Waals surface area contributed by atoms with Crippen LogP contribution in [0.1, 0.15) is 19.8 Å². The van der Waals surface area contributed by atoms with Crippen LogP contribution in [0.15, 0.2) is 0 Å². The zero-order valence-electron chi connectivity index (χ0n) is 8.34. The van der Waals surface area contributed by atoms with Crippen molar-refractivity contribution in [3.63, 3.8) is 0 Å². The summed E-state index contributed by atoms with van der Waals surface area (Å²) in [5, 5.41) is 8.51. The Morgan fingerprint density at radius 2 is 1.87 bits per heavy atom. The summed E-state index contributed by atoms with van der Waals surface area (Å²) in [4.78, 5) is 22.3. The molecule has 1 amide bonds. The van der Waals surface area contributed by atoms with Crippen molar-refractivity contribution in [1.82, 2.24) is 4.90 Å². The molecule has 0 heterocycles. The predicted octanol–water partition coefficient (Wildman–Crippen LogP) is 1.26. The van der Waals surface area contributed by atoms with Gasteiger partial charge in [0.2, 0.25) is 5.91 Å². The molecule has 0 spiro atoms. The maximum atomic E-state index is 11.8. The Hall–Kier alpha value is -1.27. The Morgan fingerprint density at radius 3 is 2.20 bits per heavy atom. The second-order valence-electron chi connectivity index (χ2n) is 3.13. The van der Waals surface area contributed by atoms with Gasteiger partial charge in [0.05, 0.1) is 6.42 Å². The van der Waals surface area contributed by atoms with Crippen molar-refractivity contribution in [3.8, 4) is 0 Å². The van der Waals surface area contributed by atoms with E-state index in [9.17, 15) is 22.8 Å². The summed E-state index contributed by atoms with van der Waals surface area (Å²) in [5.74, 6) is -2.08. The van der Waals surface area contributed by atoms with E-state index in [-0.39, 0.29) is 0 Å². The maximum Gasteiger partial charge on any atom is 0.389 e. The Bertz CT molecular complexity index is 252. The van der Waals surface area contributed by atoms with E-state index in [1.54, 1.807) is 0 Å². The molecule has 0 aliphatic heterocycles. The first kappa shape index (κ1) is 13.7. The van der Waals surface area contributed by atoms with Gasteiger partial charge in [0.15, 0.2) is 0 Å². The molecule has 0 aromatic heterocycles. The second-order valence-corrected chi connectivity index (χ2v) is 3.13. The van der Waals surface area contributed by atoms with E-state index < -0.39 is 36.9 Å². The van der Waals surface area contributed by atoms with Crippen LogP contribution in [0.3, 0.4) is 0 Å². The molecule has 0 aliphatic carbocycles. The number of likely N-dealkylation sites (N-methyl/N-ethyl adjacent to an activating group) is 1. The van der Waals surface area contributed by atoms with Gasteiger partial charge in [-0.05, 0) is 6.92 Å². The lowest BCUT2D eigenvalue weighted by Crippen LogP contribution is -2.40. The van der Waals surface area contributed by atoms with Crippen molar-refractivity contribution in [2.75, 3.05) is 7.05 Å². The van der Waals surface area contributed by atoms with E-state index >= 15 is 0 Å².